The van der Waals surface area contributed by atoms with Crippen molar-refractivity contribution < 1.29 is 48.0 Å². The molecule has 0 aliphatic carbocycles. The Morgan fingerprint density at radius 1 is 0.738 bits per heavy atom. The van der Waals surface area contributed by atoms with Gasteiger partial charge < -0.3 is 65.2 Å². The minimum atomic E-state index is -5.07. The molecule has 4 amide bonds. The number of carboxylic acid groups (broad SMARTS) is 1. The number of carbonyl (C=O) groups is 5. The van der Waals surface area contributed by atoms with Gasteiger partial charge in [0.1, 0.15) is 12.1 Å². The molecule has 0 saturated carbocycles. The summed E-state index contributed by atoms with van der Waals surface area (Å²) in [5.74, 6) is -5.55. The molecule has 42 heavy (non-hydrogen) atoms. The van der Waals surface area contributed by atoms with Crippen LogP contribution in [0.15, 0.2) is 9.98 Å². The predicted octanol–water partition coefficient (Wildman–Crippen LogP) is -5.67. The lowest BCUT2D eigenvalue weighted by molar-refractivity contribution is -0.143. The second-order valence-electron chi connectivity index (χ2n) is 8.82. The molecule has 0 fully saturated rings. The number of phosphoric acid groups is 1. The van der Waals surface area contributed by atoms with E-state index < -0.39 is 68.2 Å². The van der Waals surface area contributed by atoms with Crippen LogP contribution in [0.25, 0.3) is 0 Å². The molecule has 0 aliphatic heterocycles. The number of nitrogens with zero attached hydrogens (tertiary/aromatic N) is 2. The summed E-state index contributed by atoms with van der Waals surface area (Å²) in [6.45, 7) is -0.982. The molecule has 18 N–H and O–H groups in total. The summed E-state index contributed by atoms with van der Waals surface area (Å²) in [5.41, 5.74) is 32.0. The monoisotopic (exact) mass is 625 g/mol. The molecule has 0 spiro atoms. The first-order valence-corrected chi connectivity index (χ1v) is 13.9. The maximum Gasteiger partial charge on any atom is 0.469 e. The molecule has 0 aromatic rings. The van der Waals surface area contributed by atoms with Crippen LogP contribution in [0.3, 0.4) is 0 Å². The van der Waals surface area contributed by atoms with Gasteiger partial charge in [0.25, 0.3) is 0 Å². The van der Waals surface area contributed by atoms with Gasteiger partial charge in [-0.1, -0.05) is 0 Å². The Morgan fingerprint density at radius 3 is 1.55 bits per heavy atom. The van der Waals surface area contributed by atoms with Crippen molar-refractivity contribution in [1.29, 1.82) is 0 Å². The molecule has 0 heterocycles. The zero-order chi connectivity index (χ0) is 32.5. The van der Waals surface area contributed by atoms with E-state index in [1.54, 1.807) is 0 Å². The Kier molecular flexibility index (Phi) is 17.3. The minimum Gasteiger partial charge on any atom is -0.480 e. The van der Waals surface area contributed by atoms with Gasteiger partial charge in [0.05, 0.1) is 12.6 Å². The van der Waals surface area contributed by atoms with E-state index in [0.29, 0.717) is 0 Å². The van der Waals surface area contributed by atoms with E-state index in [-0.39, 0.29) is 63.5 Å². The largest absolute Gasteiger partial charge is 0.480 e. The molecule has 0 aliphatic rings. The van der Waals surface area contributed by atoms with Crippen LogP contribution in [0.1, 0.15) is 38.5 Å². The first-order chi connectivity index (χ1) is 19.4. The number of phosphoric ester groups is 1. The third-order valence-electron chi connectivity index (χ3n) is 5.22. The quantitative estimate of drug-likeness (QED) is 0.0245. The van der Waals surface area contributed by atoms with E-state index in [4.69, 9.17) is 44.2 Å². The predicted molar refractivity (Wildman–Crippen MR) is 148 cm³/mol. The number of guanidine groups is 2. The third kappa shape index (κ3) is 18.3. The van der Waals surface area contributed by atoms with E-state index in [9.17, 15) is 33.6 Å². The van der Waals surface area contributed by atoms with Gasteiger partial charge in [-0.25, -0.2) is 9.36 Å². The molecule has 240 valence electrons. The molecule has 21 nitrogen and oxygen atoms in total. The zero-order valence-corrected chi connectivity index (χ0v) is 23.6. The highest BCUT2D eigenvalue weighted by atomic mass is 31.2. The fourth-order valence-electron chi connectivity index (χ4n) is 3.14. The van der Waals surface area contributed by atoms with Crippen molar-refractivity contribution in [2.24, 2.45) is 44.4 Å². The summed E-state index contributed by atoms with van der Waals surface area (Å²) in [4.78, 5) is 86.6. The van der Waals surface area contributed by atoms with Crippen LogP contribution in [0.2, 0.25) is 0 Å². The Labute approximate surface area is 240 Å². The van der Waals surface area contributed by atoms with Crippen LogP contribution in [0, 0.1) is 0 Å². The van der Waals surface area contributed by atoms with Gasteiger partial charge >= 0.3 is 13.8 Å². The fourth-order valence-corrected chi connectivity index (χ4v) is 3.49. The fraction of sp³-hybridized carbons (Fsp3) is 0.650. The van der Waals surface area contributed by atoms with Gasteiger partial charge in [0, 0.05) is 19.5 Å². The summed E-state index contributed by atoms with van der Waals surface area (Å²) < 4.78 is 15.1. The number of aliphatic carboxylic acids is 1. The standard InChI is InChI=1S/C20H40N11O10P/c21-10(5-6-14(22)32)15(33)29-11(3-1-7-27-19(23)24)16(34)30-12(4-2-8-28-20(25)26)17(35)31-13(18(36)37)9-41-42(38,39)40/h10-13H,1-9,21H2,(H2,22,32)(H,29,33)(H,30,34)(H,31,35)(H,36,37)(H4,23,24,27)(H4,25,26,28)(H2,38,39,40)/t10-,11-,12-,13-/m0/s1. The van der Waals surface area contributed by atoms with Crippen LogP contribution in [-0.2, 0) is 33.1 Å². The van der Waals surface area contributed by atoms with E-state index in [0.717, 1.165) is 0 Å². The lowest BCUT2D eigenvalue weighted by Crippen LogP contribution is -2.57. The van der Waals surface area contributed by atoms with Crippen molar-refractivity contribution in [2.45, 2.75) is 62.7 Å². The minimum absolute atomic E-state index is 0.0268. The number of amides is 4. The van der Waals surface area contributed by atoms with Crippen molar-refractivity contribution in [2.75, 3.05) is 19.7 Å². The van der Waals surface area contributed by atoms with Crippen LogP contribution >= 0.6 is 7.82 Å². The van der Waals surface area contributed by atoms with Crippen LogP contribution in [0.5, 0.6) is 0 Å². The number of primary amides is 1. The molecule has 0 rings (SSSR count). The third-order valence-corrected chi connectivity index (χ3v) is 5.70. The van der Waals surface area contributed by atoms with Crippen molar-refractivity contribution >= 4 is 49.3 Å². The van der Waals surface area contributed by atoms with Gasteiger partial charge in [-0.3, -0.25) is 33.7 Å². The van der Waals surface area contributed by atoms with Crippen LogP contribution in [0.4, 0.5) is 0 Å². The molecule has 0 bridgehead atoms. The summed E-state index contributed by atoms with van der Waals surface area (Å²) in [6, 6.07) is -5.81. The van der Waals surface area contributed by atoms with Gasteiger partial charge in [-0.05, 0) is 32.1 Å². The number of nitrogens with one attached hydrogen (secondary N) is 3. The van der Waals surface area contributed by atoms with Gasteiger partial charge in [0.15, 0.2) is 18.0 Å². The smallest absolute Gasteiger partial charge is 0.469 e. The molecule has 0 unspecified atom stereocenters. The van der Waals surface area contributed by atoms with E-state index >= 15 is 0 Å². The van der Waals surface area contributed by atoms with Crippen molar-refractivity contribution in [3.63, 3.8) is 0 Å². The molecular weight excluding hydrogens is 585 g/mol. The average Bonchev–Trinajstić information content (AvgIpc) is 2.86. The summed E-state index contributed by atoms with van der Waals surface area (Å²) in [6.07, 6.45) is -0.154. The molecule has 0 aromatic heterocycles. The Bertz CT molecular complexity index is 1040. The number of aliphatic imine (C=N–C) groups is 2. The molecule has 0 saturated heterocycles. The number of carboxylic acids is 1. The first-order valence-electron chi connectivity index (χ1n) is 12.4. The molecular formula is C20H40N11O10P. The first kappa shape index (κ1) is 38.0. The Morgan fingerprint density at radius 2 is 1.17 bits per heavy atom. The van der Waals surface area contributed by atoms with Gasteiger partial charge in [-0.15, -0.1) is 0 Å². The van der Waals surface area contributed by atoms with Crippen molar-refractivity contribution in [3.8, 4) is 0 Å². The second kappa shape index (κ2) is 19.1. The van der Waals surface area contributed by atoms with Gasteiger partial charge in [0.2, 0.25) is 23.6 Å². The van der Waals surface area contributed by atoms with E-state index in [2.05, 4.69) is 25.1 Å². The highest BCUT2D eigenvalue weighted by Crippen LogP contribution is 2.35. The summed E-state index contributed by atoms with van der Waals surface area (Å²) >= 11 is 0. The number of carbonyl (C=O) groups excluding carboxylic acids is 4. The molecule has 0 radical (unpaired) electrons. The van der Waals surface area contributed by atoms with Crippen LogP contribution in [-0.4, -0.2) is 100 Å². The molecule has 4 atom stereocenters. The summed E-state index contributed by atoms with van der Waals surface area (Å²) in [7, 11) is -5.07. The highest BCUT2D eigenvalue weighted by molar-refractivity contribution is 7.46. The van der Waals surface area contributed by atoms with E-state index in [1.807, 2.05) is 5.32 Å². The average molecular weight is 626 g/mol. The maximum absolute atomic E-state index is 13.2. The molecule has 0 aromatic carbocycles. The normalized spacial score (nSPS) is 13.9. The number of rotatable bonds is 21. The Balaban J connectivity index is 5.85. The Hall–Kier alpha value is -4.04. The second-order valence-corrected chi connectivity index (χ2v) is 10.1. The topological polar surface area (TPSA) is 389 Å². The zero-order valence-electron chi connectivity index (χ0n) is 22.7. The lowest BCUT2D eigenvalue weighted by atomic mass is 10.1. The highest BCUT2D eigenvalue weighted by Gasteiger charge is 2.31. The maximum atomic E-state index is 13.2. The SMILES string of the molecule is NC(=O)CC[C@H](N)C(=O)N[C@@H](CCCN=C(N)N)C(=O)N[C@@H](CCCN=C(N)N)C(=O)N[C@@H](COP(=O)(O)O)C(=O)O. The molecule has 22 heteroatoms. The lowest BCUT2D eigenvalue weighted by Gasteiger charge is -2.25. The van der Waals surface area contributed by atoms with Crippen molar-refractivity contribution in [1.82, 2.24) is 16.0 Å². The number of hydrogen-bond acceptors (Lipinski definition) is 10. The number of nitrogens with two attached hydrogens (primary N) is 6. The van der Waals surface area contributed by atoms with Crippen molar-refractivity contribution in [3.05, 3.63) is 0 Å². The van der Waals surface area contributed by atoms with Crippen LogP contribution < -0.4 is 50.4 Å². The van der Waals surface area contributed by atoms with Gasteiger partial charge in [-0.2, -0.15) is 0 Å². The summed E-state index contributed by atoms with van der Waals surface area (Å²) in [5, 5.41) is 16.2. The van der Waals surface area contributed by atoms with E-state index in [1.165, 1.54) is 0 Å². The number of hydrogen-bond donors (Lipinski definition) is 12.